The molecule has 0 aliphatic carbocycles. The summed E-state index contributed by atoms with van der Waals surface area (Å²) in [6.45, 7) is 5.89. The number of rotatable bonds is 7. The number of thioether (sulfide) groups is 1. The number of benzene rings is 2. The first-order valence-corrected chi connectivity index (χ1v) is 10.5. The van der Waals surface area contributed by atoms with E-state index in [-0.39, 0.29) is 17.8 Å². The number of hydrogen-bond donors (Lipinski definition) is 1. The molecule has 1 heterocycles. The van der Waals surface area contributed by atoms with Crippen molar-refractivity contribution >= 4 is 35.0 Å². The van der Waals surface area contributed by atoms with Gasteiger partial charge in [0.1, 0.15) is 5.75 Å². The molecule has 0 radical (unpaired) electrons. The van der Waals surface area contributed by atoms with Gasteiger partial charge in [-0.05, 0) is 44.5 Å². The molecule has 3 aromatic rings. The highest BCUT2D eigenvalue weighted by Crippen LogP contribution is 2.29. The summed E-state index contributed by atoms with van der Waals surface area (Å²) in [5, 5.41) is 12.5. The van der Waals surface area contributed by atoms with Crippen molar-refractivity contribution in [3.8, 4) is 5.75 Å². The lowest BCUT2D eigenvalue weighted by molar-refractivity contribution is -0.113. The van der Waals surface area contributed by atoms with Crippen LogP contribution in [0.2, 0.25) is 5.02 Å². The Hall–Kier alpha value is -2.51. The minimum atomic E-state index is -0.342. The van der Waals surface area contributed by atoms with Gasteiger partial charge in [-0.25, -0.2) is 0 Å². The first kappa shape index (κ1) is 21.2. The molecule has 0 bridgehead atoms. The molecule has 0 aliphatic rings. The van der Waals surface area contributed by atoms with E-state index in [0.29, 0.717) is 21.8 Å². The van der Waals surface area contributed by atoms with Crippen LogP contribution in [0.3, 0.4) is 0 Å². The van der Waals surface area contributed by atoms with E-state index in [0.717, 1.165) is 16.8 Å². The Morgan fingerprint density at radius 3 is 2.72 bits per heavy atom. The first-order valence-electron chi connectivity index (χ1n) is 9.15. The zero-order chi connectivity index (χ0) is 21.0. The minimum absolute atomic E-state index is 0.0909. The number of anilines is 1. The maximum Gasteiger partial charge on any atom is 0.234 e. The maximum absolute atomic E-state index is 12.3. The third-order valence-corrected chi connectivity index (χ3v) is 5.69. The minimum Gasteiger partial charge on any atom is -0.481 e. The molecule has 152 valence electrons. The molecular formula is C21H23ClN4O2S. The van der Waals surface area contributed by atoms with E-state index in [1.807, 2.05) is 68.8 Å². The Morgan fingerprint density at radius 1 is 1.24 bits per heavy atom. The van der Waals surface area contributed by atoms with Crippen LogP contribution in [0.5, 0.6) is 5.75 Å². The molecule has 0 spiro atoms. The van der Waals surface area contributed by atoms with Gasteiger partial charge in [0.05, 0.1) is 10.8 Å². The quantitative estimate of drug-likeness (QED) is 0.536. The Balaban J connectivity index is 1.60. The third-order valence-electron chi connectivity index (χ3n) is 4.36. The van der Waals surface area contributed by atoms with E-state index in [4.69, 9.17) is 16.3 Å². The van der Waals surface area contributed by atoms with Crippen LogP contribution in [0.4, 0.5) is 5.69 Å². The molecule has 1 N–H and O–H groups in total. The van der Waals surface area contributed by atoms with Gasteiger partial charge in [-0.1, -0.05) is 53.2 Å². The summed E-state index contributed by atoms with van der Waals surface area (Å²) in [4.78, 5) is 12.3. The van der Waals surface area contributed by atoms with Gasteiger partial charge in [-0.15, -0.1) is 10.2 Å². The van der Waals surface area contributed by atoms with Crippen LogP contribution in [-0.2, 0) is 11.8 Å². The number of ether oxygens (including phenoxy) is 1. The number of hydrogen-bond acceptors (Lipinski definition) is 5. The number of carbonyl (C=O) groups excluding carboxylic acids is 1. The maximum atomic E-state index is 12.3. The van der Waals surface area contributed by atoms with Gasteiger partial charge >= 0.3 is 0 Å². The lowest BCUT2D eigenvalue weighted by Crippen LogP contribution is -2.15. The van der Waals surface area contributed by atoms with Crippen molar-refractivity contribution in [2.24, 2.45) is 7.05 Å². The van der Waals surface area contributed by atoms with Gasteiger partial charge in [-0.2, -0.15) is 0 Å². The highest BCUT2D eigenvalue weighted by Gasteiger charge is 2.19. The Kier molecular flexibility index (Phi) is 6.82. The number of carbonyl (C=O) groups is 1. The van der Waals surface area contributed by atoms with Crippen LogP contribution in [0.15, 0.2) is 47.6 Å². The van der Waals surface area contributed by atoms with Crippen LogP contribution < -0.4 is 10.1 Å². The van der Waals surface area contributed by atoms with Gasteiger partial charge in [0.2, 0.25) is 5.91 Å². The summed E-state index contributed by atoms with van der Waals surface area (Å²) in [7, 11) is 1.85. The second-order valence-corrected chi connectivity index (χ2v) is 8.10. The number of nitrogens with zero attached hydrogens (tertiary/aromatic N) is 3. The normalized spacial score (nSPS) is 11.9. The fraction of sp³-hybridized carbons (Fsp3) is 0.286. The fourth-order valence-corrected chi connectivity index (χ4v) is 3.76. The Bertz CT molecular complexity index is 1020. The molecule has 1 atom stereocenters. The zero-order valence-electron chi connectivity index (χ0n) is 16.8. The predicted molar refractivity (Wildman–Crippen MR) is 117 cm³/mol. The molecule has 0 unspecified atom stereocenters. The van der Waals surface area contributed by atoms with E-state index in [2.05, 4.69) is 15.5 Å². The van der Waals surface area contributed by atoms with Crippen molar-refractivity contribution in [3.63, 3.8) is 0 Å². The molecule has 0 saturated heterocycles. The van der Waals surface area contributed by atoms with Gasteiger partial charge in [0, 0.05) is 12.7 Å². The average Bonchev–Trinajstić information content (AvgIpc) is 3.05. The molecule has 0 aliphatic heterocycles. The SMILES string of the molecule is Cc1ccc(NC(=O)CSc2nnc([C@@H](C)Oc3ccccc3Cl)n2C)c(C)c1. The van der Waals surface area contributed by atoms with Crippen molar-refractivity contribution in [3.05, 3.63) is 64.4 Å². The molecule has 6 nitrogen and oxygen atoms in total. The molecule has 0 fully saturated rings. The standard InChI is InChI=1S/C21H23ClN4O2S/c1-13-9-10-17(14(2)11-13)23-19(27)12-29-21-25-24-20(26(21)4)15(3)28-18-8-6-5-7-16(18)22/h5-11,15H,12H2,1-4H3,(H,23,27)/t15-/m1/s1. The zero-order valence-corrected chi connectivity index (χ0v) is 18.3. The second kappa shape index (κ2) is 9.33. The molecular weight excluding hydrogens is 408 g/mol. The summed E-state index contributed by atoms with van der Waals surface area (Å²) in [5.41, 5.74) is 3.02. The number of nitrogens with one attached hydrogen (secondary N) is 1. The van der Waals surface area contributed by atoms with Crippen molar-refractivity contribution in [1.82, 2.24) is 14.8 Å². The Morgan fingerprint density at radius 2 is 2.00 bits per heavy atom. The number of aryl methyl sites for hydroxylation is 2. The van der Waals surface area contributed by atoms with Gasteiger partial charge in [0.15, 0.2) is 17.1 Å². The predicted octanol–water partition coefficient (Wildman–Crippen LogP) is 4.96. The van der Waals surface area contributed by atoms with Gasteiger partial charge in [0.25, 0.3) is 0 Å². The number of para-hydroxylation sites is 1. The fourth-order valence-electron chi connectivity index (χ4n) is 2.86. The number of amides is 1. The van der Waals surface area contributed by atoms with Crippen molar-refractivity contribution in [1.29, 1.82) is 0 Å². The molecule has 0 saturated carbocycles. The monoisotopic (exact) mass is 430 g/mol. The van der Waals surface area contributed by atoms with Gasteiger partial charge < -0.3 is 14.6 Å². The number of aromatic nitrogens is 3. The molecule has 29 heavy (non-hydrogen) atoms. The lowest BCUT2D eigenvalue weighted by Gasteiger charge is -2.15. The first-order chi connectivity index (χ1) is 13.8. The summed E-state index contributed by atoms with van der Waals surface area (Å²) in [5.74, 6) is 1.39. The summed E-state index contributed by atoms with van der Waals surface area (Å²) in [6.07, 6.45) is -0.342. The van der Waals surface area contributed by atoms with Gasteiger partial charge in [-0.3, -0.25) is 4.79 Å². The topological polar surface area (TPSA) is 69.0 Å². The second-order valence-electron chi connectivity index (χ2n) is 6.75. The molecule has 3 rings (SSSR count). The largest absolute Gasteiger partial charge is 0.481 e. The molecule has 1 amide bonds. The van der Waals surface area contributed by atoms with Crippen LogP contribution in [0.25, 0.3) is 0 Å². The lowest BCUT2D eigenvalue weighted by atomic mass is 10.1. The van der Waals surface area contributed by atoms with Crippen molar-refractivity contribution in [2.75, 3.05) is 11.1 Å². The van der Waals surface area contributed by atoms with E-state index in [9.17, 15) is 4.79 Å². The van der Waals surface area contributed by atoms with Crippen LogP contribution >= 0.6 is 23.4 Å². The van der Waals surface area contributed by atoms with Crippen LogP contribution in [-0.4, -0.2) is 26.4 Å². The summed E-state index contributed by atoms with van der Waals surface area (Å²) < 4.78 is 7.74. The van der Waals surface area contributed by atoms with Crippen LogP contribution in [0, 0.1) is 13.8 Å². The molecule has 2 aromatic carbocycles. The van der Waals surface area contributed by atoms with Crippen molar-refractivity contribution in [2.45, 2.75) is 32.0 Å². The molecule has 8 heteroatoms. The number of halogens is 1. The van der Waals surface area contributed by atoms with E-state index in [1.165, 1.54) is 11.8 Å². The third kappa shape index (κ3) is 5.31. The highest BCUT2D eigenvalue weighted by atomic mass is 35.5. The smallest absolute Gasteiger partial charge is 0.234 e. The van der Waals surface area contributed by atoms with Crippen LogP contribution in [0.1, 0.15) is 30.0 Å². The van der Waals surface area contributed by atoms with E-state index in [1.54, 1.807) is 6.07 Å². The van der Waals surface area contributed by atoms with E-state index < -0.39 is 0 Å². The highest BCUT2D eigenvalue weighted by molar-refractivity contribution is 7.99. The summed E-state index contributed by atoms with van der Waals surface area (Å²) >= 11 is 7.48. The van der Waals surface area contributed by atoms with Crippen molar-refractivity contribution < 1.29 is 9.53 Å². The Labute approximate surface area is 179 Å². The summed E-state index contributed by atoms with van der Waals surface area (Å²) in [6, 6.07) is 13.2. The van der Waals surface area contributed by atoms with E-state index >= 15 is 0 Å². The average molecular weight is 431 g/mol. The molecule has 1 aromatic heterocycles.